The molecule has 0 atom stereocenters. The molecule has 10 heteroatoms. The van der Waals surface area contributed by atoms with Crippen LogP contribution in [0.5, 0.6) is 0 Å². The molecule has 31 heavy (non-hydrogen) atoms. The van der Waals surface area contributed by atoms with Crippen LogP contribution >= 0.6 is 0 Å². The molecule has 0 unspecified atom stereocenters. The molecule has 0 fully saturated rings. The van der Waals surface area contributed by atoms with Crippen molar-refractivity contribution in [2.75, 3.05) is 47.2 Å². The quantitative estimate of drug-likeness (QED) is 0.317. The lowest BCUT2D eigenvalue weighted by atomic mass is 10.7. The number of nitrogens with zero attached hydrogens (tertiary/aromatic N) is 6. The van der Waals surface area contributed by atoms with E-state index in [-0.39, 0.29) is 66.1 Å². The van der Waals surface area contributed by atoms with Crippen molar-refractivity contribution in [3.8, 4) is 0 Å². The predicted molar refractivity (Wildman–Crippen MR) is 149 cm³/mol. The smallest absolute Gasteiger partial charge is 0.194 e. The zero-order valence-corrected chi connectivity index (χ0v) is 14.2. The van der Waals surface area contributed by atoms with E-state index in [0.29, 0.717) is 25.3 Å². The largest absolute Gasteiger partial charge is 0.357 e. The lowest BCUT2D eigenvalue weighted by Gasteiger charge is -2.09. The van der Waals surface area contributed by atoms with Gasteiger partial charge in [-0.15, -0.1) is 0 Å². The molecule has 192 valence electrons. The Morgan fingerprint density at radius 1 is 0.581 bits per heavy atom. The van der Waals surface area contributed by atoms with Crippen molar-refractivity contribution in [2.24, 2.45) is 30.0 Å². The van der Waals surface area contributed by atoms with Crippen LogP contribution in [0, 0.1) is 0 Å². The fourth-order valence-electron chi connectivity index (χ4n) is 1.30. The minimum absolute atomic E-state index is 0. The SMILES string of the molecule is C.C.C.C.C.C.C.C.CCNC(=NCN=C(NCC)NCN=C=NC)NCN=C=NC. The molecule has 10 nitrogen and oxygen atoms in total. The molecular formula is C21H58N10. The Labute approximate surface area is 196 Å². The van der Waals surface area contributed by atoms with Gasteiger partial charge in [-0.25, -0.2) is 30.0 Å². The summed E-state index contributed by atoms with van der Waals surface area (Å²) in [5, 5.41) is 12.2. The molecule has 0 spiro atoms. The van der Waals surface area contributed by atoms with Crippen LogP contribution in [0.15, 0.2) is 30.0 Å². The average Bonchev–Trinajstić information content (AvgIpc) is 2.55. The fraction of sp³-hybridized carbons (Fsp3) is 0.810. The third-order valence-corrected chi connectivity index (χ3v) is 2.14. The van der Waals surface area contributed by atoms with Crippen molar-refractivity contribution in [1.82, 2.24) is 21.3 Å². The first-order valence-electron chi connectivity index (χ1n) is 7.33. The minimum Gasteiger partial charge on any atom is -0.357 e. The highest BCUT2D eigenvalue weighted by Crippen LogP contribution is 1.78. The Hall–Kier alpha value is -2.70. The van der Waals surface area contributed by atoms with E-state index in [4.69, 9.17) is 0 Å². The number of hydrogen-bond donors (Lipinski definition) is 4. The van der Waals surface area contributed by atoms with Gasteiger partial charge in [0.2, 0.25) is 0 Å². The zero-order valence-electron chi connectivity index (χ0n) is 14.2. The average molecular weight is 451 g/mol. The molecule has 0 aliphatic carbocycles. The third-order valence-electron chi connectivity index (χ3n) is 2.14. The first-order valence-corrected chi connectivity index (χ1v) is 7.33. The number of guanidine groups is 2. The maximum absolute atomic E-state index is 4.32. The Bertz CT molecular complexity index is 442. The third kappa shape index (κ3) is 38.5. The van der Waals surface area contributed by atoms with E-state index in [1.165, 1.54) is 0 Å². The molecule has 0 aromatic rings. The molecule has 0 aliphatic rings. The lowest BCUT2D eigenvalue weighted by Crippen LogP contribution is -2.38. The fourth-order valence-corrected chi connectivity index (χ4v) is 1.30. The van der Waals surface area contributed by atoms with Crippen LogP contribution in [-0.4, -0.2) is 71.1 Å². The summed E-state index contributed by atoms with van der Waals surface area (Å²) in [6.07, 6.45) is 0. The Kier molecular flexibility index (Phi) is 83.7. The Morgan fingerprint density at radius 3 is 1.16 bits per heavy atom. The van der Waals surface area contributed by atoms with Gasteiger partial charge in [0, 0.05) is 27.2 Å². The summed E-state index contributed by atoms with van der Waals surface area (Å²) in [4.78, 5) is 23.8. The molecule has 0 rings (SSSR count). The van der Waals surface area contributed by atoms with Crippen molar-refractivity contribution in [1.29, 1.82) is 0 Å². The molecule has 0 aromatic carbocycles. The van der Waals surface area contributed by atoms with Gasteiger partial charge >= 0.3 is 0 Å². The van der Waals surface area contributed by atoms with Crippen LogP contribution in [0.1, 0.15) is 73.3 Å². The Balaban J connectivity index is -0.0000000864. The van der Waals surface area contributed by atoms with Gasteiger partial charge in [-0.3, -0.25) is 0 Å². The van der Waals surface area contributed by atoms with E-state index < -0.39 is 0 Å². The van der Waals surface area contributed by atoms with E-state index in [9.17, 15) is 0 Å². The van der Waals surface area contributed by atoms with E-state index >= 15 is 0 Å². The first kappa shape index (κ1) is 56.6. The lowest BCUT2D eigenvalue weighted by molar-refractivity contribution is 0.812. The number of aliphatic imine (C=N–C) groups is 6. The predicted octanol–water partition coefficient (Wildman–Crippen LogP) is 4.67. The standard InChI is InChI=1S/C13H26N10.8CH4/c1-5-18-12(20-9-16-7-14-3)22-11-23-13(19-6-2)21-10-17-8-15-4;;;;;;;;/h5-6,9-11H2,1-4H3,(H2,18,20,22)(H2,19,21,23);8*1H4. The number of rotatable bonds is 8. The second kappa shape index (κ2) is 45.8. The van der Waals surface area contributed by atoms with E-state index in [1.54, 1.807) is 14.1 Å². The van der Waals surface area contributed by atoms with Crippen molar-refractivity contribution >= 4 is 23.9 Å². The second-order valence-corrected chi connectivity index (χ2v) is 3.85. The summed E-state index contributed by atoms with van der Waals surface area (Å²) >= 11 is 0. The Morgan fingerprint density at radius 2 is 0.903 bits per heavy atom. The van der Waals surface area contributed by atoms with Gasteiger partial charge in [0.25, 0.3) is 0 Å². The number of hydrogen-bond acceptors (Lipinski definition) is 6. The summed E-state index contributed by atoms with van der Waals surface area (Å²) < 4.78 is 0. The van der Waals surface area contributed by atoms with Gasteiger partial charge in [0.05, 0.1) is 12.0 Å². The second-order valence-electron chi connectivity index (χ2n) is 3.85. The molecule has 0 saturated carbocycles. The van der Waals surface area contributed by atoms with Crippen LogP contribution in [0.4, 0.5) is 0 Å². The molecule has 0 bridgehead atoms. The molecule has 0 amide bonds. The normalized spacial score (nSPS) is 8.00. The number of nitrogens with one attached hydrogen (secondary N) is 4. The highest BCUT2D eigenvalue weighted by Gasteiger charge is 1.96. The monoisotopic (exact) mass is 450 g/mol. The maximum atomic E-state index is 4.32. The maximum Gasteiger partial charge on any atom is 0.194 e. The molecule has 0 heterocycles. The summed E-state index contributed by atoms with van der Waals surface area (Å²) in [6, 6.07) is 5.01. The van der Waals surface area contributed by atoms with Crippen molar-refractivity contribution in [3.63, 3.8) is 0 Å². The van der Waals surface area contributed by atoms with E-state index in [2.05, 4.69) is 63.2 Å². The highest BCUT2D eigenvalue weighted by atomic mass is 15.2. The molecule has 0 saturated heterocycles. The van der Waals surface area contributed by atoms with Crippen LogP contribution in [-0.2, 0) is 0 Å². The van der Waals surface area contributed by atoms with Gasteiger partial charge in [-0.2, -0.15) is 0 Å². The van der Waals surface area contributed by atoms with Gasteiger partial charge in [-0.05, 0) is 13.8 Å². The van der Waals surface area contributed by atoms with Crippen molar-refractivity contribution < 1.29 is 0 Å². The summed E-state index contributed by atoms with van der Waals surface area (Å²) in [5.41, 5.74) is 0. The van der Waals surface area contributed by atoms with Crippen LogP contribution in [0.2, 0.25) is 0 Å². The molecule has 0 radical (unpaired) electrons. The molecule has 0 aromatic heterocycles. The van der Waals surface area contributed by atoms with E-state index in [0.717, 1.165) is 13.1 Å². The summed E-state index contributed by atoms with van der Waals surface area (Å²) in [6.45, 7) is 6.38. The topological polar surface area (TPSA) is 122 Å². The first-order chi connectivity index (χ1) is 11.3. The van der Waals surface area contributed by atoms with Gasteiger partial charge in [0.15, 0.2) is 11.9 Å². The molecule has 0 aliphatic heterocycles. The van der Waals surface area contributed by atoms with Crippen molar-refractivity contribution in [2.45, 2.75) is 73.3 Å². The minimum atomic E-state index is 0. The van der Waals surface area contributed by atoms with Gasteiger partial charge < -0.3 is 21.3 Å². The van der Waals surface area contributed by atoms with Crippen LogP contribution < -0.4 is 21.3 Å². The van der Waals surface area contributed by atoms with Gasteiger partial charge in [0.1, 0.15) is 20.0 Å². The molecular weight excluding hydrogens is 392 g/mol. The van der Waals surface area contributed by atoms with Crippen LogP contribution in [0.3, 0.4) is 0 Å². The van der Waals surface area contributed by atoms with Crippen LogP contribution in [0.25, 0.3) is 0 Å². The zero-order chi connectivity index (χ0) is 17.2. The molecule has 4 N–H and O–H groups in total. The summed E-state index contributed by atoms with van der Waals surface area (Å²) in [7, 11) is 3.23. The van der Waals surface area contributed by atoms with E-state index in [1.807, 2.05) is 13.8 Å². The highest BCUT2D eigenvalue weighted by molar-refractivity contribution is 5.81. The summed E-state index contributed by atoms with van der Waals surface area (Å²) in [5.74, 6) is 1.23. The van der Waals surface area contributed by atoms with Crippen molar-refractivity contribution in [3.05, 3.63) is 0 Å². The van der Waals surface area contributed by atoms with Gasteiger partial charge in [-0.1, -0.05) is 59.4 Å².